The molecule has 19 heavy (non-hydrogen) atoms. The Labute approximate surface area is 116 Å². The van der Waals surface area contributed by atoms with Crippen molar-refractivity contribution < 1.29 is 9.90 Å². The molecule has 0 aliphatic carbocycles. The molecule has 1 aromatic rings. The second-order valence-corrected chi connectivity index (χ2v) is 6.21. The van der Waals surface area contributed by atoms with Gasteiger partial charge in [-0.25, -0.2) is 0 Å². The van der Waals surface area contributed by atoms with E-state index in [1.165, 1.54) is 16.7 Å². The molecule has 0 aliphatic heterocycles. The van der Waals surface area contributed by atoms with Crippen molar-refractivity contribution in [2.24, 2.45) is 0 Å². The van der Waals surface area contributed by atoms with Gasteiger partial charge in [-0.05, 0) is 40.0 Å². The minimum atomic E-state index is -0.749. The number of carboxylic acid groups (broad SMARTS) is 1. The zero-order valence-corrected chi connectivity index (χ0v) is 12.9. The Morgan fingerprint density at radius 1 is 0.947 bits per heavy atom. The maximum absolute atomic E-state index is 11.1. The normalized spacial score (nSPS) is 11.6. The number of hydrogen-bond acceptors (Lipinski definition) is 1. The number of hydrogen-bond donors (Lipinski definition) is 1. The molecule has 106 valence electrons. The second kappa shape index (κ2) is 6.23. The standard InChI is InChI=1S/C17H26O2/c1-10(2)13-7-14(11(3)4)16(9-17(18)19)15(8-13)12(5)6/h7-8,10-12H,9H2,1-6H3,(H,18,19). The van der Waals surface area contributed by atoms with Gasteiger partial charge in [-0.15, -0.1) is 0 Å². The summed E-state index contributed by atoms with van der Waals surface area (Å²) >= 11 is 0. The lowest BCUT2D eigenvalue weighted by molar-refractivity contribution is -0.136. The topological polar surface area (TPSA) is 37.3 Å². The van der Waals surface area contributed by atoms with Crippen LogP contribution in [-0.4, -0.2) is 11.1 Å². The molecule has 0 atom stereocenters. The Morgan fingerprint density at radius 2 is 1.37 bits per heavy atom. The molecule has 1 aromatic carbocycles. The molecule has 0 bridgehead atoms. The summed E-state index contributed by atoms with van der Waals surface area (Å²) in [5.41, 5.74) is 4.71. The van der Waals surface area contributed by atoms with Crippen molar-refractivity contribution >= 4 is 5.97 Å². The number of rotatable bonds is 5. The summed E-state index contributed by atoms with van der Waals surface area (Å²) in [5, 5.41) is 9.16. The fraction of sp³-hybridized carbons (Fsp3) is 0.588. The first-order valence-corrected chi connectivity index (χ1v) is 7.12. The molecule has 0 aliphatic rings. The lowest BCUT2D eigenvalue weighted by atomic mass is 9.83. The summed E-state index contributed by atoms with van der Waals surface area (Å²) < 4.78 is 0. The Kier molecular flexibility index (Phi) is 5.16. The van der Waals surface area contributed by atoms with E-state index in [4.69, 9.17) is 5.11 Å². The Balaban J connectivity index is 3.50. The SMILES string of the molecule is CC(C)c1cc(C(C)C)c(CC(=O)O)c(C(C)C)c1. The van der Waals surface area contributed by atoms with E-state index >= 15 is 0 Å². The van der Waals surface area contributed by atoms with Crippen LogP contribution in [0, 0.1) is 0 Å². The Bertz CT molecular complexity index is 427. The minimum Gasteiger partial charge on any atom is -0.481 e. The Morgan fingerprint density at radius 3 is 1.63 bits per heavy atom. The molecule has 0 radical (unpaired) electrons. The van der Waals surface area contributed by atoms with E-state index in [9.17, 15) is 4.79 Å². The van der Waals surface area contributed by atoms with Gasteiger partial charge in [0.1, 0.15) is 0 Å². The van der Waals surface area contributed by atoms with Crippen molar-refractivity contribution in [1.82, 2.24) is 0 Å². The minimum absolute atomic E-state index is 0.124. The van der Waals surface area contributed by atoms with Crippen molar-refractivity contribution in [3.8, 4) is 0 Å². The van der Waals surface area contributed by atoms with E-state index in [2.05, 4.69) is 53.7 Å². The van der Waals surface area contributed by atoms with Gasteiger partial charge in [-0.2, -0.15) is 0 Å². The molecular formula is C17H26O2. The number of benzene rings is 1. The number of aliphatic carboxylic acids is 1. The zero-order valence-electron chi connectivity index (χ0n) is 12.9. The lowest BCUT2D eigenvalue weighted by Gasteiger charge is -2.22. The predicted molar refractivity (Wildman–Crippen MR) is 80.0 cm³/mol. The summed E-state index contributed by atoms with van der Waals surface area (Å²) in [6, 6.07) is 4.39. The molecule has 0 fully saturated rings. The third kappa shape index (κ3) is 3.82. The van der Waals surface area contributed by atoms with Gasteiger partial charge in [-0.1, -0.05) is 53.7 Å². The van der Waals surface area contributed by atoms with E-state index in [1.807, 2.05) is 0 Å². The maximum Gasteiger partial charge on any atom is 0.307 e. The quantitative estimate of drug-likeness (QED) is 0.836. The van der Waals surface area contributed by atoms with E-state index in [0.717, 1.165) is 5.56 Å². The lowest BCUT2D eigenvalue weighted by Crippen LogP contribution is -2.11. The van der Waals surface area contributed by atoms with E-state index in [0.29, 0.717) is 17.8 Å². The van der Waals surface area contributed by atoms with Gasteiger partial charge < -0.3 is 5.11 Å². The van der Waals surface area contributed by atoms with Crippen molar-refractivity contribution in [1.29, 1.82) is 0 Å². The van der Waals surface area contributed by atoms with Gasteiger partial charge in [0, 0.05) is 0 Å². The van der Waals surface area contributed by atoms with Crippen LogP contribution in [0.4, 0.5) is 0 Å². The van der Waals surface area contributed by atoms with E-state index < -0.39 is 5.97 Å². The van der Waals surface area contributed by atoms with Gasteiger partial charge >= 0.3 is 5.97 Å². The third-order valence-corrected chi connectivity index (χ3v) is 3.58. The van der Waals surface area contributed by atoms with Gasteiger partial charge in [0.05, 0.1) is 6.42 Å². The van der Waals surface area contributed by atoms with E-state index in [-0.39, 0.29) is 6.42 Å². The van der Waals surface area contributed by atoms with Crippen molar-refractivity contribution in [2.45, 2.75) is 65.7 Å². The third-order valence-electron chi connectivity index (χ3n) is 3.58. The molecule has 2 nitrogen and oxygen atoms in total. The van der Waals surface area contributed by atoms with Crippen molar-refractivity contribution in [3.63, 3.8) is 0 Å². The summed E-state index contributed by atoms with van der Waals surface area (Å²) in [7, 11) is 0. The van der Waals surface area contributed by atoms with Gasteiger partial charge in [0.15, 0.2) is 0 Å². The average molecular weight is 262 g/mol. The highest BCUT2D eigenvalue weighted by Gasteiger charge is 2.18. The predicted octanol–water partition coefficient (Wildman–Crippen LogP) is 4.68. The fourth-order valence-electron chi connectivity index (χ4n) is 2.46. The maximum atomic E-state index is 11.1. The molecule has 0 saturated carbocycles. The van der Waals surface area contributed by atoms with Crippen molar-refractivity contribution in [3.05, 3.63) is 34.4 Å². The van der Waals surface area contributed by atoms with Gasteiger partial charge in [0.2, 0.25) is 0 Å². The van der Waals surface area contributed by atoms with Gasteiger partial charge in [0.25, 0.3) is 0 Å². The monoisotopic (exact) mass is 262 g/mol. The molecule has 0 heterocycles. The average Bonchev–Trinajstić information content (AvgIpc) is 2.27. The number of carbonyl (C=O) groups is 1. The first-order chi connectivity index (χ1) is 8.73. The van der Waals surface area contributed by atoms with Crippen LogP contribution in [0.25, 0.3) is 0 Å². The molecule has 0 unspecified atom stereocenters. The highest BCUT2D eigenvalue weighted by atomic mass is 16.4. The van der Waals surface area contributed by atoms with Crippen LogP contribution in [0.3, 0.4) is 0 Å². The summed E-state index contributed by atoms with van der Waals surface area (Å²) in [4.78, 5) is 11.1. The molecule has 0 spiro atoms. The molecular weight excluding hydrogens is 236 g/mol. The Hall–Kier alpha value is -1.31. The largest absolute Gasteiger partial charge is 0.481 e. The van der Waals surface area contributed by atoms with Crippen LogP contribution in [0.2, 0.25) is 0 Å². The van der Waals surface area contributed by atoms with Crippen LogP contribution >= 0.6 is 0 Å². The summed E-state index contributed by atoms with van der Waals surface area (Å²) in [6.07, 6.45) is 0.124. The smallest absolute Gasteiger partial charge is 0.307 e. The first-order valence-electron chi connectivity index (χ1n) is 7.12. The van der Waals surface area contributed by atoms with Crippen LogP contribution in [0.1, 0.15) is 81.5 Å². The molecule has 1 N–H and O–H groups in total. The number of carboxylic acids is 1. The molecule has 0 saturated heterocycles. The molecule has 0 aromatic heterocycles. The highest BCUT2D eigenvalue weighted by molar-refractivity contribution is 5.72. The summed E-state index contributed by atoms with van der Waals surface area (Å²) in [5.74, 6) is 0.422. The van der Waals surface area contributed by atoms with Crippen LogP contribution < -0.4 is 0 Å². The van der Waals surface area contributed by atoms with Crippen LogP contribution in [-0.2, 0) is 11.2 Å². The molecule has 1 rings (SSSR count). The fourth-order valence-corrected chi connectivity index (χ4v) is 2.46. The highest BCUT2D eigenvalue weighted by Crippen LogP contribution is 2.32. The molecule has 0 amide bonds. The molecule has 2 heteroatoms. The van der Waals surface area contributed by atoms with Crippen LogP contribution in [0.15, 0.2) is 12.1 Å². The zero-order chi connectivity index (χ0) is 14.7. The first kappa shape index (κ1) is 15.7. The van der Waals surface area contributed by atoms with Crippen molar-refractivity contribution in [2.75, 3.05) is 0 Å². The second-order valence-electron chi connectivity index (χ2n) is 6.21. The van der Waals surface area contributed by atoms with Gasteiger partial charge in [-0.3, -0.25) is 4.79 Å². The summed E-state index contributed by atoms with van der Waals surface area (Å²) in [6.45, 7) is 12.9. The van der Waals surface area contributed by atoms with E-state index in [1.54, 1.807) is 0 Å². The van der Waals surface area contributed by atoms with Crippen LogP contribution in [0.5, 0.6) is 0 Å².